The van der Waals surface area contributed by atoms with Gasteiger partial charge in [-0.1, -0.05) is 23.8 Å². The Balaban J connectivity index is 1.93. The topological polar surface area (TPSA) is 95.1 Å². The predicted octanol–water partition coefficient (Wildman–Crippen LogP) is 1.43. The minimum atomic E-state index is -3.72. The molecule has 0 spiro atoms. The number of aromatic amines is 1. The molecule has 2 atom stereocenters. The van der Waals surface area contributed by atoms with Gasteiger partial charge in [0.15, 0.2) is 0 Å². The molecule has 1 aliphatic rings. The summed E-state index contributed by atoms with van der Waals surface area (Å²) in [6.45, 7) is 0.0115. The zero-order valence-corrected chi connectivity index (χ0v) is 12.5. The fourth-order valence-electron chi connectivity index (χ4n) is 2.46. The van der Waals surface area contributed by atoms with Gasteiger partial charge in [0.1, 0.15) is 10.5 Å². The number of nitrogens with one attached hydrogen (secondary N) is 2. The number of pyridine rings is 1. The Kier molecular flexibility index (Phi) is 3.75. The van der Waals surface area contributed by atoms with Gasteiger partial charge in [0.2, 0.25) is 10.0 Å². The molecule has 0 amide bonds. The summed E-state index contributed by atoms with van der Waals surface area (Å²) in [5.74, 6) is -0.00840. The molecule has 112 valence electrons. The molecule has 21 heavy (non-hydrogen) atoms. The summed E-state index contributed by atoms with van der Waals surface area (Å²) in [6.07, 6.45) is 7.01. The lowest BCUT2D eigenvalue weighted by Crippen LogP contribution is -2.32. The molecule has 6 nitrogen and oxygen atoms in total. The van der Waals surface area contributed by atoms with Crippen molar-refractivity contribution in [2.45, 2.75) is 17.4 Å². The Morgan fingerprint density at radius 2 is 2.29 bits per heavy atom. The van der Waals surface area contributed by atoms with E-state index < -0.39 is 10.0 Å². The van der Waals surface area contributed by atoms with Gasteiger partial charge in [0, 0.05) is 31.0 Å². The van der Waals surface area contributed by atoms with Crippen LogP contribution in [0.1, 0.15) is 6.42 Å². The standard InChI is InChI=1S/C13H14ClN3O3S/c14-10-3-4-15-13-12(10)11(6-16-13)21(19,20)17-9-2-1-8(5-9)7-18/h1-4,6,8-9,17-18H,5,7H2,(H,15,16)/t8-,9+/m0/s1. The molecular weight excluding hydrogens is 314 g/mol. The molecule has 0 bridgehead atoms. The highest BCUT2D eigenvalue weighted by Crippen LogP contribution is 2.29. The van der Waals surface area contributed by atoms with Crippen molar-refractivity contribution < 1.29 is 13.5 Å². The molecule has 0 radical (unpaired) electrons. The van der Waals surface area contributed by atoms with E-state index in [1.165, 1.54) is 12.4 Å². The lowest BCUT2D eigenvalue weighted by atomic mass is 10.1. The van der Waals surface area contributed by atoms with Gasteiger partial charge in [-0.05, 0) is 12.5 Å². The third-order valence-electron chi connectivity index (χ3n) is 3.49. The lowest BCUT2D eigenvalue weighted by molar-refractivity contribution is 0.248. The Labute approximate surface area is 126 Å². The third kappa shape index (κ3) is 2.69. The highest BCUT2D eigenvalue weighted by molar-refractivity contribution is 7.89. The lowest BCUT2D eigenvalue weighted by Gasteiger charge is -2.12. The molecule has 0 fully saturated rings. The number of aromatic nitrogens is 2. The van der Waals surface area contributed by atoms with Crippen LogP contribution in [0.2, 0.25) is 5.02 Å². The van der Waals surface area contributed by atoms with Crippen LogP contribution < -0.4 is 4.72 Å². The minimum Gasteiger partial charge on any atom is -0.396 e. The number of halogens is 1. The van der Waals surface area contributed by atoms with Gasteiger partial charge in [0.05, 0.1) is 10.4 Å². The van der Waals surface area contributed by atoms with Gasteiger partial charge in [-0.2, -0.15) is 0 Å². The number of hydrogen-bond donors (Lipinski definition) is 3. The number of rotatable bonds is 4. The fourth-order valence-corrected chi connectivity index (χ4v) is 4.15. The molecule has 0 aliphatic heterocycles. The van der Waals surface area contributed by atoms with E-state index >= 15 is 0 Å². The van der Waals surface area contributed by atoms with Crippen molar-refractivity contribution in [3.8, 4) is 0 Å². The Bertz CT molecular complexity index is 800. The second-order valence-corrected chi connectivity index (χ2v) is 7.05. The van der Waals surface area contributed by atoms with Crippen molar-refractivity contribution in [1.82, 2.24) is 14.7 Å². The molecular formula is C13H14ClN3O3S. The molecule has 0 unspecified atom stereocenters. The third-order valence-corrected chi connectivity index (χ3v) is 5.32. The summed E-state index contributed by atoms with van der Waals surface area (Å²) in [7, 11) is -3.72. The number of nitrogens with zero attached hydrogens (tertiary/aromatic N) is 1. The summed E-state index contributed by atoms with van der Waals surface area (Å²) in [4.78, 5) is 6.94. The first-order valence-electron chi connectivity index (χ1n) is 6.44. The van der Waals surface area contributed by atoms with E-state index in [-0.39, 0.29) is 23.5 Å². The highest BCUT2D eigenvalue weighted by Gasteiger charge is 2.27. The average molecular weight is 328 g/mol. The highest BCUT2D eigenvalue weighted by atomic mass is 35.5. The van der Waals surface area contributed by atoms with Crippen LogP contribution in [0.4, 0.5) is 0 Å². The SMILES string of the molecule is O=S(=O)(N[C@@H]1C=C[C@H](CO)C1)c1c[nH]c2nccc(Cl)c12. The van der Waals surface area contributed by atoms with Crippen LogP contribution in [0.5, 0.6) is 0 Å². The normalized spacial score (nSPS) is 22.2. The molecule has 3 rings (SSSR count). The van der Waals surface area contributed by atoms with Crippen LogP contribution in [0.15, 0.2) is 35.5 Å². The molecule has 2 heterocycles. The van der Waals surface area contributed by atoms with Crippen molar-refractivity contribution in [1.29, 1.82) is 0 Å². The number of sulfonamides is 1. The number of H-pyrrole nitrogens is 1. The maximum Gasteiger partial charge on any atom is 0.243 e. The Morgan fingerprint density at radius 3 is 3.00 bits per heavy atom. The molecule has 2 aromatic heterocycles. The minimum absolute atomic E-state index is 0.00840. The second-order valence-electron chi connectivity index (χ2n) is 4.96. The largest absolute Gasteiger partial charge is 0.396 e. The van der Waals surface area contributed by atoms with Gasteiger partial charge >= 0.3 is 0 Å². The van der Waals surface area contributed by atoms with E-state index in [9.17, 15) is 8.42 Å². The second kappa shape index (κ2) is 5.42. The monoisotopic (exact) mass is 327 g/mol. The molecule has 3 N–H and O–H groups in total. The van der Waals surface area contributed by atoms with Crippen molar-refractivity contribution >= 4 is 32.7 Å². The smallest absolute Gasteiger partial charge is 0.243 e. The van der Waals surface area contributed by atoms with Crippen LogP contribution in [0, 0.1) is 5.92 Å². The number of aliphatic hydroxyl groups excluding tert-OH is 1. The van der Waals surface area contributed by atoms with Gasteiger partial charge in [-0.15, -0.1) is 0 Å². The Morgan fingerprint density at radius 1 is 1.48 bits per heavy atom. The summed E-state index contributed by atoms with van der Waals surface area (Å²) < 4.78 is 27.6. The Hall–Kier alpha value is -1.41. The zero-order valence-electron chi connectivity index (χ0n) is 11.0. The van der Waals surface area contributed by atoms with Crippen LogP contribution >= 0.6 is 11.6 Å². The fraction of sp³-hybridized carbons (Fsp3) is 0.308. The summed E-state index contributed by atoms with van der Waals surface area (Å²) in [6, 6.07) is 1.22. The van der Waals surface area contributed by atoms with Gasteiger partial charge in [-0.3, -0.25) is 0 Å². The molecule has 0 saturated heterocycles. The van der Waals surface area contributed by atoms with E-state index in [4.69, 9.17) is 16.7 Å². The first kappa shape index (κ1) is 14.5. The molecule has 0 aromatic carbocycles. The van der Waals surface area contributed by atoms with Crippen molar-refractivity contribution in [2.24, 2.45) is 5.92 Å². The maximum atomic E-state index is 12.5. The quantitative estimate of drug-likeness (QED) is 0.740. The summed E-state index contributed by atoms with van der Waals surface area (Å²) >= 11 is 6.07. The maximum absolute atomic E-state index is 12.5. The molecule has 1 aliphatic carbocycles. The van der Waals surface area contributed by atoms with Crippen LogP contribution in [0.3, 0.4) is 0 Å². The van der Waals surface area contributed by atoms with Gasteiger partial charge in [0.25, 0.3) is 0 Å². The first-order valence-corrected chi connectivity index (χ1v) is 8.30. The average Bonchev–Trinajstić information content (AvgIpc) is 3.05. The molecule has 2 aromatic rings. The molecule has 0 saturated carbocycles. The van der Waals surface area contributed by atoms with Crippen LogP contribution in [-0.2, 0) is 10.0 Å². The summed E-state index contributed by atoms with van der Waals surface area (Å²) in [5, 5.41) is 9.80. The van der Waals surface area contributed by atoms with Crippen LogP contribution in [-0.4, -0.2) is 36.1 Å². The number of aliphatic hydroxyl groups is 1. The van der Waals surface area contributed by atoms with Crippen molar-refractivity contribution in [2.75, 3.05) is 6.61 Å². The van der Waals surface area contributed by atoms with E-state index in [1.807, 2.05) is 6.08 Å². The van der Waals surface area contributed by atoms with Crippen molar-refractivity contribution in [3.63, 3.8) is 0 Å². The number of hydrogen-bond acceptors (Lipinski definition) is 4. The van der Waals surface area contributed by atoms with E-state index in [0.29, 0.717) is 22.5 Å². The zero-order chi connectivity index (χ0) is 15.0. The van der Waals surface area contributed by atoms with Crippen LogP contribution in [0.25, 0.3) is 11.0 Å². The summed E-state index contributed by atoms with van der Waals surface area (Å²) in [5.41, 5.74) is 0.429. The molecule has 8 heteroatoms. The predicted molar refractivity (Wildman–Crippen MR) is 79.5 cm³/mol. The number of fused-ring (bicyclic) bond motifs is 1. The van der Waals surface area contributed by atoms with Gasteiger partial charge in [-0.25, -0.2) is 18.1 Å². The van der Waals surface area contributed by atoms with Crippen molar-refractivity contribution in [3.05, 3.63) is 35.6 Å². The van der Waals surface area contributed by atoms with Gasteiger partial charge < -0.3 is 10.1 Å². The first-order chi connectivity index (χ1) is 10.0. The van der Waals surface area contributed by atoms with E-state index in [2.05, 4.69) is 14.7 Å². The van der Waals surface area contributed by atoms with E-state index in [1.54, 1.807) is 12.1 Å². The van der Waals surface area contributed by atoms with E-state index in [0.717, 1.165) is 0 Å².